The second-order valence-corrected chi connectivity index (χ2v) is 6.52. The number of halogens is 2. The predicted octanol–water partition coefficient (Wildman–Crippen LogP) is 2.19. The summed E-state index contributed by atoms with van der Waals surface area (Å²) < 4.78 is 5.33. The van der Waals surface area contributed by atoms with Gasteiger partial charge in [-0.3, -0.25) is 4.98 Å². The highest BCUT2D eigenvalue weighted by Gasteiger charge is 2.29. The lowest BCUT2D eigenvalue weighted by atomic mass is 9.78. The number of pyridine rings is 1. The number of hydrogen-bond donors (Lipinski definition) is 2. The van der Waals surface area contributed by atoms with Crippen molar-refractivity contribution >= 4 is 36.6 Å². The molecule has 150 valence electrons. The standard InChI is InChI=1S/C17H20N8O.2ClH/c1-25(9-15-23-16(24-26-15)12-4-2-3-5-20-12)14-8-13(21-17(19)22-14)10-6-11(18)7-10;;/h2-5,8,10-11H,6-7,9,18H2,1H3,(H2,19,21,22);2*1H. The van der Waals surface area contributed by atoms with E-state index in [9.17, 15) is 0 Å². The lowest BCUT2D eigenvalue weighted by Gasteiger charge is -2.32. The molecule has 3 aromatic heterocycles. The molecular weight excluding hydrogens is 403 g/mol. The molecule has 1 aliphatic carbocycles. The molecule has 0 saturated heterocycles. The summed E-state index contributed by atoms with van der Waals surface area (Å²) in [6.07, 6.45) is 3.54. The van der Waals surface area contributed by atoms with E-state index in [2.05, 4.69) is 25.1 Å². The van der Waals surface area contributed by atoms with Crippen LogP contribution in [0.2, 0.25) is 0 Å². The van der Waals surface area contributed by atoms with Crippen molar-refractivity contribution in [3.05, 3.63) is 42.0 Å². The highest BCUT2D eigenvalue weighted by Crippen LogP contribution is 2.35. The van der Waals surface area contributed by atoms with Crippen molar-refractivity contribution in [1.29, 1.82) is 0 Å². The van der Waals surface area contributed by atoms with Gasteiger partial charge in [-0.05, 0) is 25.0 Å². The van der Waals surface area contributed by atoms with Crippen LogP contribution in [0.1, 0.15) is 30.3 Å². The number of nitrogens with zero attached hydrogens (tertiary/aromatic N) is 6. The molecule has 0 aliphatic heterocycles. The van der Waals surface area contributed by atoms with Crippen molar-refractivity contribution in [2.45, 2.75) is 31.3 Å². The Hall–Kier alpha value is -2.49. The van der Waals surface area contributed by atoms with Gasteiger partial charge < -0.3 is 20.9 Å². The second kappa shape index (κ2) is 9.13. The van der Waals surface area contributed by atoms with Crippen LogP contribution < -0.4 is 16.4 Å². The van der Waals surface area contributed by atoms with Gasteiger partial charge in [0.05, 0.1) is 12.2 Å². The van der Waals surface area contributed by atoms with Gasteiger partial charge in [-0.25, -0.2) is 4.98 Å². The largest absolute Gasteiger partial charge is 0.368 e. The number of nitrogens with two attached hydrogens (primary N) is 2. The van der Waals surface area contributed by atoms with Crippen LogP contribution in [0.5, 0.6) is 0 Å². The van der Waals surface area contributed by atoms with Crippen molar-refractivity contribution in [3.63, 3.8) is 0 Å². The fraction of sp³-hybridized carbons (Fsp3) is 0.353. The molecule has 3 aromatic rings. The van der Waals surface area contributed by atoms with Crippen LogP contribution in [0.15, 0.2) is 35.0 Å². The smallest absolute Gasteiger partial charge is 0.246 e. The summed E-state index contributed by atoms with van der Waals surface area (Å²) >= 11 is 0. The monoisotopic (exact) mass is 424 g/mol. The predicted molar refractivity (Wildman–Crippen MR) is 111 cm³/mol. The van der Waals surface area contributed by atoms with Crippen LogP contribution in [-0.2, 0) is 6.54 Å². The van der Waals surface area contributed by atoms with Crippen molar-refractivity contribution in [3.8, 4) is 11.5 Å². The minimum Gasteiger partial charge on any atom is -0.368 e. The maximum absolute atomic E-state index is 5.88. The first-order valence-electron chi connectivity index (χ1n) is 8.43. The van der Waals surface area contributed by atoms with Gasteiger partial charge in [0.2, 0.25) is 17.7 Å². The first-order chi connectivity index (χ1) is 12.6. The number of nitrogen functional groups attached to an aromatic ring is 1. The molecule has 28 heavy (non-hydrogen) atoms. The van der Waals surface area contributed by atoms with Crippen LogP contribution in [-0.4, -0.2) is 38.2 Å². The Kier molecular flexibility index (Phi) is 7.11. The molecule has 11 heteroatoms. The van der Waals surface area contributed by atoms with Gasteiger partial charge in [-0.1, -0.05) is 11.2 Å². The number of aromatic nitrogens is 5. The van der Waals surface area contributed by atoms with Gasteiger partial charge in [-0.2, -0.15) is 9.97 Å². The molecule has 4 N–H and O–H groups in total. The summed E-state index contributed by atoms with van der Waals surface area (Å²) in [4.78, 5) is 19.2. The normalized spacial score (nSPS) is 17.8. The zero-order valence-corrected chi connectivity index (χ0v) is 16.9. The van der Waals surface area contributed by atoms with E-state index in [4.69, 9.17) is 16.0 Å². The number of rotatable bonds is 5. The molecule has 9 nitrogen and oxygen atoms in total. The molecule has 0 spiro atoms. The average molecular weight is 425 g/mol. The van der Waals surface area contributed by atoms with Crippen LogP contribution >= 0.6 is 24.8 Å². The summed E-state index contributed by atoms with van der Waals surface area (Å²) in [7, 11) is 1.89. The first-order valence-corrected chi connectivity index (χ1v) is 8.43. The van der Waals surface area contributed by atoms with Crippen molar-refractivity contribution in [2.75, 3.05) is 17.7 Å². The van der Waals surface area contributed by atoms with E-state index in [1.807, 2.05) is 36.2 Å². The molecule has 0 radical (unpaired) electrons. The Morgan fingerprint density at radius 1 is 1.18 bits per heavy atom. The number of anilines is 2. The fourth-order valence-electron chi connectivity index (χ4n) is 2.98. The van der Waals surface area contributed by atoms with Crippen molar-refractivity contribution in [2.24, 2.45) is 5.73 Å². The summed E-state index contributed by atoms with van der Waals surface area (Å²) in [5.74, 6) is 2.24. The Labute approximate surface area is 174 Å². The van der Waals surface area contributed by atoms with Gasteiger partial charge in [0.15, 0.2) is 0 Å². The Morgan fingerprint density at radius 3 is 2.64 bits per heavy atom. The zero-order chi connectivity index (χ0) is 18.1. The maximum atomic E-state index is 5.88. The van der Waals surface area contributed by atoms with E-state index >= 15 is 0 Å². The summed E-state index contributed by atoms with van der Waals surface area (Å²) in [6.45, 7) is 0.403. The third-order valence-electron chi connectivity index (χ3n) is 4.47. The summed E-state index contributed by atoms with van der Waals surface area (Å²) in [6, 6.07) is 7.75. The molecule has 1 aliphatic rings. The lowest BCUT2D eigenvalue weighted by Crippen LogP contribution is -2.35. The molecule has 3 heterocycles. The van der Waals surface area contributed by atoms with E-state index in [1.165, 1.54) is 0 Å². The maximum Gasteiger partial charge on any atom is 0.246 e. The molecule has 0 aromatic carbocycles. The van der Waals surface area contributed by atoms with E-state index < -0.39 is 0 Å². The molecular formula is C17H22Cl2N8O. The fourth-order valence-corrected chi connectivity index (χ4v) is 2.98. The van der Waals surface area contributed by atoms with Gasteiger partial charge in [0.1, 0.15) is 11.5 Å². The Balaban J connectivity index is 0.00000140. The van der Waals surface area contributed by atoms with Gasteiger partial charge in [0.25, 0.3) is 0 Å². The van der Waals surface area contributed by atoms with Gasteiger partial charge in [0, 0.05) is 31.3 Å². The van der Waals surface area contributed by atoms with Crippen molar-refractivity contribution in [1.82, 2.24) is 25.1 Å². The third kappa shape index (κ3) is 4.67. The highest BCUT2D eigenvalue weighted by atomic mass is 35.5. The van der Waals surface area contributed by atoms with Crippen LogP contribution in [0.4, 0.5) is 11.8 Å². The molecule has 0 unspecified atom stereocenters. The average Bonchev–Trinajstić information content (AvgIpc) is 3.07. The Bertz CT molecular complexity index is 901. The van der Waals surface area contributed by atoms with Crippen LogP contribution in [0.25, 0.3) is 11.5 Å². The van der Waals surface area contributed by atoms with E-state index in [0.717, 1.165) is 18.5 Å². The minimum absolute atomic E-state index is 0. The topological polar surface area (TPSA) is 133 Å². The molecule has 4 rings (SSSR count). The molecule has 1 fully saturated rings. The minimum atomic E-state index is 0. The third-order valence-corrected chi connectivity index (χ3v) is 4.47. The van der Waals surface area contributed by atoms with Crippen LogP contribution in [0.3, 0.4) is 0 Å². The second-order valence-electron chi connectivity index (χ2n) is 6.52. The first kappa shape index (κ1) is 21.8. The molecule has 0 amide bonds. The SMILES string of the molecule is CN(Cc1nc(-c2ccccn2)no1)c1cc(C2CC(N)C2)nc(N)n1.Cl.Cl. The van der Waals surface area contributed by atoms with E-state index in [1.54, 1.807) is 6.20 Å². The van der Waals surface area contributed by atoms with Gasteiger partial charge in [-0.15, -0.1) is 24.8 Å². The lowest BCUT2D eigenvalue weighted by molar-refractivity contribution is 0.345. The summed E-state index contributed by atoms with van der Waals surface area (Å²) in [5, 5.41) is 3.98. The quantitative estimate of drug-likeness (QED) is 0.631. The molecule has 0 bridgehead atoms. The van der Waals surface area contributed by atoms with Crippen LogP contribution in [0, 0.1) is 0 Å². The highest BCUT2D eigenvalue weighted by molar-refractivity contribution is 5.85. The molecule has 0 atom stereocenters. The van der Waals surface area contributed by atoms with Crippen molar-refractivity contribution < 1.29 is 4.52 Å². The number of hydrogen-bond acceptors (Lipinski definition) is 9. The Morgan fingerprint density at radius 2 is 1.96 bits per heavy atom. The van der Waals surface area contributed by atoms with Gasteiger partial charge >= 0.3 is 0 Å². The molecule has 1 saturated carbocycles. The van der Waals surface area contributed by atoms with E-state index in [0.29, 0.717) is 35.7 Å². The van der Waals surface area contributed by atoms with E-state index in [-0.39, 0.29) is 36.8 Å². The summed E-state index contributed by atoms with van der Waals surface area (Å²) in [5.41, 5.74) is 13.4. The zero-order valence-electron chi connectivity index (χ0n) is 15.2.